The summed E-state index contributed by atoms with van der Waals surface area (Å²) in [6.07, 6.45) is 4.52. The number of thiazole rings is 1. The number of nitrogens with zero attached hydrogens (tertiary/aromatic N) is 3. The summed E-state index contributed by atoms with van der Waals surface area (Å²) in [4.78, 5) is 4.86. The standard InChI is InChI=1S/C20H20N4S.ClH/c1-24-12-16-10-15(3-4-17(16)23-24)20-22-18-5-2-14(11-19(18)25-20)13-6-8-21-9-7-13;/h2-5,10-13,21H,6-9H2,1H3;1H. The minimum Gasteiger partial charge on any atom is -0.317 e. The van der Waals surface area contributed by atoms with Crippen molar-refractivity contribution >= 4 is 44.9 Å². The van der Waals surface area contributed by atoms with Crippen molar-refractivity contribution in [1.82, 2.24) is 20.1 Å². The van der Waals surface area contributed by atoms with Crippen LogP contribution in [-0.4, -0.2) is 27.9 Å². The minimum absolute atomic E-state index is 0. The molecule has 0 saturated carbocycles. The Bertz CT molecular complexity index is 1060. The number of halogens is 1. The van der Waals surface area contributed by atoms with Gasteiger partial charge in [0.15, 0.2) is 0 Å². The summed E-state index contributed by atoms with van der Waals surface area (Å²) in [5, 5.41) is 10.1. The zero-order chi connectivity index (χ0) is 16.8. The lowest BCUT2D eigenvalue weighted by atomic mass is 9.90. The largest absolute Gasteiger partial charge is 0.317 e. The first-order valence-electron chi connectivity index (χ1n) is 8.81. The van der Waals surface area contributed by atoms with Crippen molar-refractivity contribution in [1.29, 1.82) is 0 Å². The van der Waals surface area contributed by atoms with Gasteiger partial charge in [0.1, 0.15) is 5.01 Å². The van der Waals surface area contributed by atoms with Crippen molar-refractivity contribution in [2.75, 3.05) is 13.1 Å². The van der Waals surface area contributed by atoms with Crippen LogP contribution in [0.15, 0.2) is 42.6 Å². The lowest BCUT2D eigenvalue weighted by Gasteiger charge is -2.22. The maximum absolute atomic E-state index is 4.86. The third-order valence-electron chi connectivity index (χ3n) is 5.09. The summed E-state index contributed by atoms with van der Waals surface area (Å²) in [7, 11) is 1.96. The normalized spacial score (nSPS) is 15.4. The second kappa shape index (κ2) is 6.99. The Morgan fingerprint density at radius 3 is 2.73 bits per heavy atom. The summed E-state index contributed by atoms with van der Waals surface area (Å²) < 4.78 is 3.15. The quantitative estimate of drug-likeness (QED) is 0.542. The fourth-order valence-corrected chi connectivity index (χ4v) is 4.77. The van der Waals surface area contributed by atoms with Crippen LogP contribution in [0.4, 0.5) is 0 Å². The molecular weight excluding hydrogens is 364 g/mol. The molecule has 5 rings (SSSR count). The number of rotatable bonds is 2. The molecule has 4 nitrogen and oxygen atoms in total. The van der Waals surface area contributed by atoms with E-state index in [4.69, 9.17) is 4.98 Å². The molecule has 1 fully saturated rings. The van der Waals surface area contributed by atoms with Crippen molar-refractivity contribution in [3.05, 3.63) is 48.2 Å². The van der Waals surface area contributed by atoms with Crippen molar-refractivity contribution in [3.63, 3.8) is 0 Å². The van der Waals surface area contributed by atoms with Crippen LogP contribution in [0, 0.1) is 0 Å². The lowest BCUT2D eigenvalue weighted by molar-refractivity contribution is 0.461. The molecule has 0 bridgehead atoms. The molecule has 2 aromatic carbocycles. The molecule has 1 aliphatic rings. The number of aryl methyl sites for hydroxylation is 1. The van der Waals surface area contributed by atoms with Gasteiger partial charge in [0, 0.05) is 24.2 Å². The van der Waals surface area contributed by atoms with E-state index in [1.54, 1.807) is 11.3 Å². The maximum Gasteiger partial charge on any atom is 0.124 e. The molecule has 1 aliphatic heterocycles. The van der Waals surface area contributed by atoms with E-state index in [0.717, 1.165) is 34.5 Å². The van der Waals surface area contributed by atoms with Gasteiger partial charge in [-0.3, -0.25) is 4.68 Å². The molecule has 26 heavy (non-hydrogen) atoms. The second-order valence-corrected chi connectivity index (χ2v) is 7.88. The Morgan fingerprint density at radius 1 is 1.08 bits per heavy atom. The van der Waals surface area contributed by atoms with Gasteiger partial charge in [0.2, 0.25) is 0 Å². The Kier molecular flexibility index (Phi) is 4.69. The van der Waals surface area contributed by atoms with Crippen molar-refractivity contribution in [3.8, 4) is 10.6 Å². The van der Waals surface area contributed by atoms with E-state index in [-0.39, 0.29) is 12.4 Å². The van der Waals surface area contributed by atoms with E-state index in [1.165, 1.54) is 28.7 Å². The molecule has 0 radical (unpaired) electrons. The highest BCUT2D eigenvalue weighted by Gasteiger charge is 2.16. The predicted octanol–water partition coefficient (Wildman–Crippen LogP) is 4.74. The first-order chi connectivity index (χ1) is 12.3. The fourth-order valence-electron chi connectivity index (χ4n) is 3.76. The van der Waals surface area contributed by atoms with Gasteiger partial charge >= 0.3 is 0 Å². The van der Waals surface area contributed by atoms with Gasteiger partial charge in [0.05, 0.1) is 15.7 Å². The van der Waals surface area contributed by atoms with E-state index in [1.807, 2.05) is 11.7 Å². The number of piperidine rings is 1. The van der Waals surface area contributed by atoms with Gasteiger partial charge in [-0.15, -0.1) is 23.7 Å². The highest BCUT2D eigenvalue weighted by molar-refractivity contribution is 7.21. The van der Waals surface area contributed by atoms with Crippen LogP contribution >= 0.6 is 23.7 Å². The van der Waals surface area contributed by atoms with Gasteiger partial charge in [0.25, 0.3) is 0 Å². The highest BCUT2D eigenvalue weighted by atomic mass is 35.5. The predicted molar refractivity (Wildman–Crippen MR) is 111 cm³/mol. The monoisotopic (exact) mass is 384 g/mol. The average Bonchev–Trinajstić information content (AvgIpc) is 3.23. The third-order valence-corrected chi connectivity index (χ3v) is 6.16. The molecule has 3 heterocycles. The number of nitrogens with one attached hydrogen (secondary N) is 1. The smallest absolute Gasteiger partial charge is 0.124 e. The first-order valence-corrected chi connectivity index (χ1v) is 9.63. The Balaban J connectivity index is 0.00000168. The van der Waals surface area contributed by atoms with Gasteiger partial charge in [-0.1, -0.05) is 6.07 Å². The van der Waals surface area contributed by atoms with Crippen molar-refractivity contribution < 1.29 is 0 Å². The zero-order valence-corrected chi connectivity index (χ0v) is 16.2. The van der Waals surface area contributed by atoms with Crippen molar-refractivity contribution in [2.45, 2.75) is 18.8 Å². The molecule has 0 atom stereocenters. The number of benzene rings is 2. The molecule has 1 N–H and O–H groups in total. The summed E-state index contributed by atoms with van der Waals surface area (Å²) in [5.41, 5.74) is 4.77. The second-order valence-electron chi connectivity index (χ2n) is 6.85. The van der Waals surface area contributed by atoms with Crippen LogP contribution in [0.25, 0.3) is 31.7 Å². The lowest BCUT2D eigenvalue weighted by Crippen LogP contribution is -2.26. The topological polar surface area (TPSA) is 42.7 Å². The minimum atomic E-state index is 0. The van der Waals surface area contributed by atoms with Crippen LogP contribution in [0.1, 0.15) is 24.3 Å². The van der Waals surface area contributed by atoms with E-state index in [2.05, 4.69) is 53.0 Å². The Hall–Kier alpha value is -1.95. The van der Waals surface area contributed by atoms with Crippen LogP contribution in [0.5, 0.6) is 0 Å². The zero-order valence-electron chi connectivity index (χ0n) is 14.6. The number of fused-ring (bicyclic) bond motifs is 2. The van der Waals surface area contributed by atoms with Gasteiger partial charge < -0.3 is 5.32 Å². The molecular formula is C20H21ClN4S. The van der Waals surface area contributed by atoms with Crippen LogP contribution < -0.4 is 5.32 Å². The average molecular weight is 385 g/mol. The number of hydrogen-bond donors (Lipinski definition) is 1. The summed E-state index contributed by atoms with van der Waals surface area (Å²) >= 11 is 1.79. The fraction of sp³-hybridized carbons (Fsp3) is 0.300. The van der Waals surface area contributed by atoms with Crippen molar-refractivity contribution in [2.24, 2.45) is 7.05 Å². The first kappa shape index (κ1) is 17.5. The van der Waals surface area contributed by atoms with Crippen LogP contribution in [-0.2, 0) is 7.05 Å². The molecule has 0 amide bonds. The van der Waals surface area contributed by atoms with E-state index >= 15 is 0 Å². The summed E-state index contributed by atoms with van der Waals surface area (Å²) in [6, 6.07) is 13.2. The maximum atomic E-state index is 4.86. The molecule has 0 aliphatic carbocycles. The van der Waals surface area contributed by atoms with Crippen LogP contribution in [0.3, 0.4) is 0 Å². The number of hydrogen-bond acceptors (Lipinski definition) is 4. The van der Waals surface area contributed by atoms with Crippen LogP contribution in [0.2, 0.25) is 0 Å². The Labute approximate surface area is 162 Å². The molecule has 4 aromatic rings. The molecule has 134 valence electrons. The van der Waals surface area contributed by atoms with Gasteiger partial charge in [-0.2, -0.15) is 5.10 Å². The molecule has 2 aromatic heterocycles. The third kappa shape index (κ3) is 3.11. The van der Waals surface area contributed by atoms with E-state index < -0.39 is 0 Å². The summed E-state index contributed by atoms with van der Waals surface area (Å²) in [6.45, 7) is 2.25. The van der Waals surface area contributed by atoms with E-state index in [9.17, 15) is 0 Å². The number of aromatic nitrogens is 3. The highest BCUT2D eigenvalue weighted by Crippen LogP contribution is 2.34. The Morgan fingerprint density at radius 2 is 1.88 bits per heavy atom. The van der Waals surface area contributed by atoms with E-state index in [0.29, 0.717) is 5.92 Å². The molecule has 6 heteroatoms. The van der Waals surface area contributed by atoms with Gasteiger partial charge in [-0.25, -0.2) is 4.98 Å². The molecule has 0 spiro atoms. The molecule has 1 saturated heterocycles. The van der Waals surface area contributed by atoms with Gasteiger partial charge in [-0.05, 0) is 67.7 Å². The molecule has 0 unspecified atom stereocenters. The summed E-state index contributed by atoms with van der Waals surface area (Å²) in [5.74, 6) is 0.683. The SMILES string of the molecule is Cl.Cn1cc2cc(-c3nc4ccc(C5CCNCC5)cc4s3)ccc2n1.